The summed E-state index contributed by atoms with van der Waals surface area (Å²) in [5.41, 5.74) is 3.76. The van der Waals surface area contributed by atoms with Crippen LogP contribution in [0.5, 0.6) is 0 Å². The second-order valence-electron chi connectivity index (χ2n) is 19.4. The zero-order chi connectivity index (χ0) is 48.2. The van der Waals surface area contributed by atoms with Crippen LogP contribution in [0.25, 0.3) is 11.1 Å². The Bertz CT molecular complexity index is 2010. The first kappa shape index (κ1) is 53.4. The molecule has 356 valence electrons. The highest BCUT2D eigenvalue weighted by Gasteiger charge is 2.32. The fourth-order valence-corrected chi connectivity index (χ4v) is 7.38. The molecule has 1 heterocycles. The zero-order valence-electron chi connectivity index (χ0n) is 39.8. The van der Waals surface area contributed by atoms with Gasteiger partial charge in [0.05, 0.1) is 12.7 Å². The normalized spacial score (nSPS) is 13.1. The number of carbonyl (C=O) groups is 5. The van der Waals surface area contributed by atoms with E-state index in [2.05, 4.69) is 50.5 Å². The number of hydrogen-bond donors (Lipinski definition) is 3. The molecule has 2 atom stereocenters. The van der Waals surface area contributed by atoms with Crippen molar-refractivity contribution in [2.45, 2.75) is 175 Å². The van der Waals surface area contributed by atoms with Crippen LogP contribution in [-0.4, -0.2) is 80.9 Å². The van der Waals surface area contributed by atoms with Crippen molar-refractivity contribution in [1.82, 2.24) is 30.9 Å². The van der Waals surface area contributed by atoms with Crippen molar-refractivity contribution in [3.63, 3.8) is 0 Å². The summed E-state index contributed by atoms with van der Waals surface area (Å²) in [4.78, 5) is 80.0. The molecule has 16 heteroatoms. The number of aromatic nitrogens is 3. The van der Waals surface area contributed by atoms with Crippen LogP contribution in [0.15, 0.2) is 54.7 Å². The Labute approximate surface area is 383 Å². The summed E-state index contributed by atoms with van der Waals surface area (Å²) in [6.45, 7) is 17.9. The van der Waals surface area contributed by atoms with Crippen LogP contribution in [0.1, 0.15) is 156 Å². The van der Waals surface area contributed by atoms with Gasteiger partial charge >= 0.3 is 30.1 Å². The Balaban J connectivity index is 0.00000363. The Hall–Kier alpha value is -5.89. The Morgan fingerprint density at radius 1 is 0.708 bits per heavy atom. The predicted octanol–water partition coefficient (Wildman–Crippen LogP) is 7.72. The third-order valence-corrected chi connectivity index (χ3v) is 10.5. The molecule has 0 radical (unpaired) electrons. The third kappa shape index (κ3) is 19.8. The molecule has 0 saturated carbocycles. The van der Waals surface area contributed by atoms with E-state index in [4.69, 9.17) is 23.8 Å². The van der Waals surface area contributed by atoms with Gasteiger partial charge in [0.15, 0.2) is 0 Å². The maximum Gasteiger partial charge on any atom is 0.373 e. The van der Waals surface area contributed by atoms with Gasteiger partial charge in [-0.1, -0.05) is 87.4 Å². The Morgan fingerprint density at radius 2 is 1.29 bits per heavy atom. The number of fused-ring (bicyclic) bond motifs is 3. The minimum Gasteiger partial charge on any atom is -0.465 e. The summed E-state index contributed by atoms with van der Waals surface area (Å²) < 4.78 is 18.4. The number of carbonyl (C=O) groups excluding carboxylic acids is 7. The second kappa shape index (κ2) is 25.6. The molecule has 0 unspecified atom stereocenters. The first-order chi connectivity index (χ1) is 30.6. The number of urea groups is 1. The Kier molecular flexibility index (Phi) is 21.0. The molecule has 0 saturated heterocycles. The number of nitrogens with zero attached hydrogens (tertiary/aromatic N) is 3. The van der Waals surface area contributed by atoms with Crippen LogP contribution in [0.4, 0.5) is 4.79 Å². The molecule has 1 aliphatic carbocycles. The first-order valence-corrected chi connectivity index (χ1v) is 22.6. The lowest BCUT2D eigenvalue weighted by Gasteiger charge is -2.32. The van der Waals surface area contributed by atoms with Crippen molar-refractivity contribution in [2.75, 3.05) is 6.61 Å². The van der Waals surface area contributed by atoms with Crippen LogP contribution in [0.3, 0.4) is 0 Å². The smallest absolute Gasteiger partial charge is 0.373 e. The minimum atomic E-state index is -1.03. The van der Waals surface area contributed by atoms with Crippen molar-refractivity contribution in [3.8, 4) is 11.1 Å². The van der Waals surface area contributed by atoms with E-state index in [1.165, 1.54) is 22.3 Å². The number of rotatable bonds is 22. The standard InChI is InChI=1S/C48H70N6O8.CO2/c1-46(2,3)40(51-45(59)50-39(44(58)62-48(7,8)9)27-28-43(57)61-47(4,5)6)24-18-19-29-54-31-33(52-53-54)30-49-41(55)25-12-10-11-13-26-42(56)60-32-38-36-22-16-14-20-34(36)35-21-15-17-23-37(35)38;2-1-3/h14-17,20-23,31,38-40H,10-13,18-19,24-30,32H2,1-9H3,(H,49,55)(H2,50,51,59);/t39-,40-;/m0./s1. The van der Waals surface area contributed by atoms with Gasteiger partial charge in [0.2, 0.25) is 5.91 Å². The van der Waals surface area contributed by atoms with Gasteiger partial charge in [0.1, 0.15) is 29.5 Å². The average molecular weight is 903 g/mol. The van der Waals surface area contributed by atoms with Gasteiger partial charge in [-0.15, -0.1) is 5.10 Å². The highest BCUT2D eigenvalue weighted by atomic mass is 16.6. The number of benzene rings is 2. The summed E-state index contributed by atoms with van der Waals surface area (Å²) in [6, 6.07) is 14.8. The van der Waals surface area contributed by atoms with E-state index in [-0.39, 0.29) is 54.8 Å². The van der Waals surface area contributed by atoms with E-state index in [0.717, 1.165) is 38.5 Å². The fraction of sp³-hybridized carbons (Fsp3) is 0.592. The molecule has 1 aromatic heterocycles. The quantitative estimate of drug-likeness (QED) is 0.0502. The maximum absolute atomic E-state index is 13.2. The van der Waals surface area contributed by atoms with Crippen LogP contribution in [-0.2, 0) is 56.1 Å². The molecule has 0 aliphatic heterocycles. The number of aryl methyl sites for hydroxylation is 1. The summed E-state index contributed by atoms with van der Waals surface area (Å²) in [5, 5.41) is 17.1. The Morgan fingerprint density at radius 3 is 1.88 bits per heavy atom. The van der Waals surface area contributed by atoms with E-state index in [9.17, 15) is 24.0 Å². The largest absolute Gasteiger partial charge is 0.465 e. The monoisotopic (exact) mass is 903 g/mol. The van der Waals surface area contributed by atoms with Crippen molar-refractivity contribution < 1.29 is 47.8 Å². The van der Waals surface area contributed by atoms with Gasteiger partial charge in [-0.25, -0.2) is 9.59 Å². The lowest BCUT2D eigenvalue weighted by molar-refractivity contribution is -0.192. The lowest BCUT2D eigenvalue weighted by Crippen LogP contribution is -2.53. The van der Waals surface area contributed by atoms with E-state index < -0.39 is 35.2 Å². The highest BCUT2D eigenvalue weighted by molar-refractivity contribution is 5.84. The molecule has 16 nitrogen and oxygen atoms in total. The molecule has 4 rings (SSSR count). The third-order valence-electron chi connectivity index (χ3n) is 10.5. The summed E-state index contributed by atoms with van der Waals surface area (Å²) in [7, 11) is 0. The molecular formula is C49H70N6O10. The minimum absolute atomic E-state index is 0.0378. The molecule has 3 aromatic rings. The van der Waals surface area contributed by atoms with Crippen LogP contribution < -0.4 is 16.0 Å². The van der Waals surface area contributed by atoms with Crippen LogP contribution in [0, 0.1) is 5.41 Å². The number of unbranched alkanes of at least 4 members (excludes halogenated alkanes) is 4. The van der Waals surface area contributed by atoms with Crippen LogP contribution in [0.2, 0.25) is 0 Å². The van der Waals surface area contributed by atoms with Gasteiger partial charge in [-0.05, 0) is 108 Å². The zero-order valence-corrected chi connectivity index (χ0v) is 39.8. The molecule has 65 heavy (non-hydrogen) atoms. The van der Waals surface area contributed by atoms with Crippen molar-refractivity contribution in [3.05, 3.63) is 71.5 Å². The molecular weight excluding hydrogens is 833 g/mol. The number of esters is 3. The number of amides is 3. The van der Waals surface area contributed by atoms with Gasteiger partial charge < -0.3 is 30.2 Å². The molecule has 2 aromatic carbocycles. The first-order valence-electron chi connectivity index (χ1n) is 22.6. The van der Waals surface area contributed by atoms with E-state index in [1.807, 2.05) is 51.2 Å². The van der Waals surface area contributed by atoms with Crippen molar-refractivity contribution in [1.29, 1.82) is 0 Å². The van der Waals surface area contributed by atoms with E-state index in [0.29, 0.717) is 38.1 Å². The van der Waals surface area contributed by atoms with Gasteiger partial charge in [0, 0.05) is 37.8 Å². The SMILES string of the molecule is CC(C)(C)OC(=O)CC[C@H](NC(=O)N[C@@H](CCCCn1cc(CNC(=O)CCCCCCC(=O)OCC2c3ccccc3-c3ccccc32)nn1)C(C)(C)C)C(=O)OC(C)(C)C.O=C=O. The van der Waals surface area contributed by atoms with Gasteiger partial charge in [-0.2, -0.15) is 9.59 Å². The van der Waals surface area contributed by atoms with E-state index >= 15 is 0 Å². The predicted molar refractivity (Wildman–Crippen MR) is 243 cm³/mol. The molecule has 3 amide bonds. The van der Waals surface area contributed by atoms with E-state index in [1.54, 1.807) is 46.2 Å². The summed E-state index contributed by atoms with van der Waals surface area (Å²) in [5.74, 6) is -1.27. The number of ether oxygens (including phenoxy) is 3. The highest BCUT2D eigenvalue weighted by Crippen LogP contribution is 2.44. The molecule has 0 spiro atoms. The second-order valence-corrected chi connectivity index (χ2v) is 19.4. The molecule has 1 aliphatic rings. The topological polar surface area (TPSA) is 214 Å². The molecule has 0 bridgehead atoms. The molecule has 3 N–H and O–H groups in total. The number of nitrogens with one attached hydrogen (secondary N) is 3. The van der Waals surface area contributed by atoms with Gasteiger partial charge in [0.25, 0.3) is 0 Å². The summed E-state index contributed by atoms with van der Waals surface area (Å²) in [6.07, 6.45) is 8.20. The lowest BCUT2D eigenvalue weighted by atomic mass is 9.84. The maximum atomic E-state index is 13.2. The van der Waals surface area contributed by atoms with Crippen molar-refractivity contribution >= 4 is 36.0 Å². The summed E-state index contributed by atoms with van der Waals surface area (Å²) >= 11 is 0. The van der Waals surface area contributed by atoms with Crippen LogP contribution >= 0.6 is 0 Å². The average Bonchev–Trinajstić information content (AvgIpc) is 3.80. The fourth-order valence-electron chi connectivity index (χ4n) is 7.38. The number of hydrogen-bond acceptors (Lipinski definition) is 12. The van der Waals surface area contributed by atoms with Crippen molar-refractivity contribution in [2.24, 2.45) is 5.41 Å². The molecule has 0 fully saturated rings. The van der Waals surface area contributed by atoms with Gasteiger partial charge in [-0.3, -0.25) is 19.1 Å².